The highest BCUT2D eigenvalue weighted by Gasteiger charge is 2.26. The highest BCUT2D eigenvalue weighted by atomic mass is 16.5. The fourth-order valence-electron chi connectivity index (χ4n) is 1.77. The first-order valence-corrected chi connectivity index (χ1v) is 5.42. The van der Waals surface area contributed by atoms with Gasteiger partial charge in [-0.25, -0.2) is 0 Å². The zero-order valence-electron chi connectivity index (χ0n) is 9.23. The zero-order chi connectivity index (χ0) is 11.5. The summed E-state index contributed by atoms with van der Waals surface area (Å²) >= 11 is 0. The molecule has 16 heavy (non-hydrogen) atoms. The van der Waals surface area contributed by atoms with Crippen molar-refractivity contribution < 1.29 is 13.9 Å². The van der Waals surface area contributed by atoms with Crippen LogP contribution in [0, 0.1) is 0 Å². The SMILES string of the molecule is CC1OCCC1NC(=O)c1ccc(CN)o1. The predicted molar refractivity (Wildman–Crippen MR) is 57.9 cm³/mol. The first-order valence-electron chi connectivity index (χ1n) is 5.42. The minimum absolute atomic E-state index is 0.0629. The Morgan fingerprint density at radius 3 is 3.00 bits per heavy atom. The van der Waals surface area contributed by atoms with E-state index >= 15 is 0 Å². The van der Waals surface area contributed by atoms with Gasteiger partial charge in [0.25, 0.3) is 5.91 Å². The van der Waals surface area contributed by atoms with E-state index in [1.807, 2.05) is 6.92 Å². The maximum atomic E-state index is 11.8. The molecule has 1 aliphatic rings. The molecular formula is C11H16N2O3. The number of hydrogen-bond donors (Lipinski definition) is 2. The Kier molecular flexibility index (Phi) is 3.26. The summed E-state index contributed by atoms with van der Waals surface area (Å²) in [7, 11) is 0. The third-order valence-corrected chi connectivity index (χ3v) is 2.78. The standard InChI is InChI=1S/C11H16N2O3/c1-7-9(4-5-15-7)13-11(14)10-3-2-8(6-12)16-10/h2-3,7,9H,4-6,12H2,1H3,(H,13,14). The summed E-state index contributed by atoms with van der Waals surface area (Å²) in [4.78, 5) is 11.8. The monoisotopic (exact) mass is 224 g/mol. The smallest absolute Gasteiger partial charge is 0.287 e. The van der Waals surface area contributed by atoms with Crippen LogP contribution in [-0.4, -0.2) is 24.7 Å². The third kappa shape index (κ3) is 2.25. The molecule has 2 rings (SSSR count). The fourth-order valence-corrected chi connectivity index (χ4v) is 1.77. The van der Waals surface area contributed by atoms with Crippen LogP contribution in [0.25, 0.3) is 0 Å². The van der Waals surface area contributed by atoms with E-state index in [2.05, 4.69) is 5.32 Å². The molecule has 0 saturated carbocycles. The van der Waals surface area contributed by atoms with Gasteiger partial charge >= 0.3 is 0 Å². The summed E-state index contributed by atoms with van der Waals surface area (Å²) in [6.45, 7) is 2.94. The topological polar surface area (TPSA) is 77.5 Å². The Morgan fingerprint density at radius 1 is 1.62 bits per heavy atom. The molecule has 5 heteroatoms. The number of nitrogens with one attached hydrogen (secondary N) is 1. The number of carbonyl (C=O) groups excluding carboxylic acids is 1. The highest BCUT2D eigenvalue weighted by Crippen LogP contribution is 2.14. The van der Waals surface area contributed by atoms with Crippen LogP contribution in [-0.2, 0) is 11.3 Å². The molecule has 0 aliphatic carbocycles. The lowest BCUT2D eigenvalue weighted by molar-refractivity contribution is 0.0840. The van der Waals surface area contributed by atoms with Crippen molar-refractivity contribution in [2.45, 2.75) is 32.0 Å². The number of nitrogens with two attached hydrogens (primary N) is 1. The number of ether oxygens (including phenoxy) is 1. The van der Waals surface area contributed by atoms with Crippen LogP contribution in [0.4, 0.5) is 0 Å². The number of carbonyl (C=O) groups is 1. The predicted octanol–water partition coefficient (Wildman–Crippen LogP) is 0.646. The van der Waals surface area contributed by atoms with Crippen molar-refractivity contribution >= 4 is 5.91 Å². The average molecular weight is 224 g/mol. The van der Waals surface area contributed by atoms with Gasteiger partial charge in [-0.05, 0) is 25.5 Å². The molecule has 88 valence electrons. The molecule has 1 aromatic rings. The zero-order valence-corrected chi connectivity index (χ0v) is 9.23. The van der Waals surface area contributed by atoms with E-state index in [0.29, 0.717) is 24.7 Å². The number of amides is 1. The molecule has 1 saturated heterocycles. The van der Waals surface area contributed by atoms with Gasteiger partial charge in [0.2, 0.25) is 0 Å². The Balaban J connectivity index is 1.97. The van der Waals surface area contributed by atoms with E-state index in [1.54, 1.807) is 12.1 Å². The fraction of sp³-hybridized carbons (Fsp3) is 0.545. The Labute approximate surface area is 93.9 Å². The molecule has 3 N–H and O–H groups in total. The van der Waals surface area contributed by atoms with E-state index < -0.39 is 0 Å². The van der Waals surface area contributed by atoms with Crippen molar-refractivity contribution in [2.24, 2.45) is 5.73 Å². The van der Waals surface area contributed by atoms with Gasteiger partial charge in [0.1, 0.15) is 5.76 Å². The summed E-state index contributed by atoms with van der Waals surface area (Å²) in [5.74, 6) is 0.711. The summed E-state index contributed by atoms with van der Waals surface area (Å²) in [6.07, 6.45) is 0.907. The van der Waals surface area contributed by atoms with Crippen molar-refractivity contribution in [2.75, 3.05) is 6.61 Å². The molecule has 0 bridgehead atoms. The second-order valence-corrected chi connectivity index (χ2v) is 3.91. The molecule has 2 heterocycles. The van der Waals surface area contributed by atoms with Crippen molar-refractivity contribution in [3.8, 4) is 0 Å². The van der Waals surface area contributed by atoms with Crippen LogP contribution >= 0.6 is 0 Å². The quantitative estimate of drug-likeness (QED) is 0.790. The molecule has 5 nitrogen and oxygen atoms in total. The van der Waals surface area contributed by atoms with E-state index in [0.717, 1.165) is 6.42 Å². The van der Waals surface area contributed by atoms with Gasteiger partial charge in [-0.15, -0.1) is 0 Å². The second-order valence-electron chi connectivity index (χ2n) is 3.91. The van der Waals surface area contributed by atoms with Crippen LogP contribution in [0.2, 0.25) is 0 Å². The molecule has 2 atom stereocenters. The van der Waals surface area contributed by atoms with Crippen LogP contribution in [0.15, 0.2) is 16.5 Å². The van der Waals surface area contributed by atoms with Gasteiger partial charge in [0, 0.05) is 6.61 Å². The molecule has 2 unspecified atom stereocenters. The summed E-state index contributed by atoms with van der Waals surface area (Å²) < 4.78 is 10.6. The van der Waals surface area contributed by atoms with Crippen molar-refractivity contribution in [1.82, 2.24) is 5.32 Å². The van der Waals surface area contributed by atoms with Gasteiger partial charge in [-0.1, -0.05) is 0 Å². The van der Waals surface area contributed by atoms with Gasteiger partial charge < -0.3 is 20.2 Å². The lowest BCUT2D eigenvalue weighted by Crippen LogP contribution is -2.38. The molecule has 1 aliphatic heterocycles. The molecule has 1 fully saturated rings. The van der Waals surface area contributed by atoms with E-state index in [-0.39, 0.29) is 18.1 Å². The van der Waals surface area contributed by atoms with Gasteiger partial charge in [-0.2, -0.15) is 0 Å². The minimum atomic E-state index is -0.206. The molecule has 0 aromatic carbocycles. The van der Waals surface area contributed by atoms with Crippen LogP contribution < -0.4 is 11.1 Å². The Hall–Kier alpha value is -1.33. The van der Waals surface area contributed by atoms with E-state index in [9.17, 15) is 4.79 Å². The average Bonchev–Trinajstić information content (AvgIpc) is 2.88. The van der Waals surface area contributed by atoms with Crippen molar-refractivity contribution in [3.05, 3.63) is 23.7 Å². The van der Waals surface area contributed by atoms with E-state index in [4.69, 9.17) is 14.9 Å². The normalized spacial score (nSPS) is 24.6. The Bertz CT molecular complexity index is 375. The van der Waals surface area contributed by atoms with Gasteiger partial charge in [0.15, 0.2) is 5.76 Å². The molecule has 0 spiro atoms. The maximum Gasteiger partial charge on any atom is 0.287 e. The van der Waals surface area contributed by atoms with Gasteiger partial charge in [0.05, 0.1) is 18.7 Å². The highest BCUT2D eigenvalue weighted by molar-refractivity contribution is 5.91. The second kappa shape index (κ2) is 4.67. The summed E-state index contributed by atoms with van der Waals surface area (Å²) in [5.41, 5.74) is 5.40. The lowest BCUT2D eigenvalue weighted by atomic mass is 10.1. The number of furan rings is 1. The maximum absolute atomic E-state index is 11.8. The first kappa shape index (κ1) is 11.2. The molecule has 0 radical (unpaired) electrons. The van der Waals surface area contributed by atoms with Crippen LogP contribution in [0.5, 0.6) is 0 Å². The van der Waals surface area contributed by atoms with Gasteiger partial charge in [-0.3, -0.25) is 4.79 Å². The minimum Gasteiger partial charge on any atom is -0.455 e. The largest absolute Gasteiger partial charge is 0.455 e. The molecular weight excluding hydrogens is 208 g/mol. The first-order chi connectivity index (χ1) is 7.70. The summed E-state index contributed by atoms with van der Waals surface area (Å²) in [5, 5.41) is 2.88. The molecule has 1 amide bonds. The van der Waals surface area contributed by atoms with Crippen LogP contribution in [0.3, 0.4) is 0 Å². The Morgan fingerprint density at radius 2 is 2.44 bits per heavy atom. The van der Waals surface area contributed by atoms with Crippen LogP contribution in [0.1, 0.15) is 29.7 Å². The third-order valence-electron chi connectivity index (χ3n) is 2.78. The number of hydrogen-bond acceptors (Lipinski definition) is 4. The van der Waals surface area contributed by atoms with Crippen molar-refractivity contribution in [3.63, 3.8) is 0 Å². The van der Waals surface area contributed by atoms with E-state index in [1.165, 1.54) is 0 Å². The summed E-state index contributed by atoms with van der Waals surface area (Å²) in [6, 6.07) is 3.42. The van der Waals surface area contributed by atoms with Crippen molar-refractivity contribution in [1.29, 1.82) is 0 Å². The molecule has 1 aromatic heterocycles. The number of rotatable bonds is 3. The lowest BCUT2D eigenvalue weighted by Gasteiger charge is -2.14.